The van der Waals surface area contributed by atoms with E-state index in [-0.39, 0.29) is 11.9 Å². The van der Waals surface area contributed by atoms with Crippen LogP contribution in [-0.2, 0) is 13.5 Å². The molecule has 0 spiro atoms. The lowest BCUT2D eigenvalue weighted by atomic mass is 10.1. The molecule has 0 radical (unpaired) electrons. The average molecular weight is 459 g/mol. The van der Waals surface area contributed by atoms with Crippen LogP contribution in [-0.4, -0.2) is 42.1 Å². The number of aryl methyl sites for hydroxylation is 1. The van der Waals surface area contributed by atoms with Gasteiger partial charge in [-0.15, -0.1) is 0 Å². The maximum Gasteiger partial charge on any atom is 0.254 e. The van der Waals surface area contributed by atoms with Crippen LogP contribution >= 0.6 is 11.6 Å². The predicted molar refractivity (Wildman–Crippen MR) is 126 cm³/mol. The smallest absolute Gasteiger partial charge is 0.254 e. The van der Waals surface area contributed by atoms with Crippen LogP contribution in [0, 0.1) is 0 Å². The largest absolute Gasteiger partial charge is 0.330 e. The van der Waals surface area contributed by atoms with E-state index in [0.29, 0.717) is 23.6 Å². The summed E-state index contributed by atoms with van der Waals surface area (Å²) in [5, 5.41) is 4.90. The number of hydrogen-bond acceptors (Lipinski definition) is 5. The van der Waals surface area contributed by atoms with E-state index in [1.54, 1.807) is 35.5 Å². The first kappa shape index (κ1) is 21.3. The number of rotatable bonds is 5. The van der Waals surface area contributed by atoms with E-state index in [1.165, 1.54) is 0 Å². The molecule has 4 heterocycles. The van der Waals surface area contributed by atoms with Crippen molar-refractivity contribution < 1.29 is 4.79 Å². The standard InChI is InChI=1S/C25H23ClN6O/c1-31-16-19(13-29-31)22-12-18(7-8-28-22)25(33)32-9-3-6-24(32)23-15-27-14-21(30-23)11-17-4-2-5-20(26)10-17/h2,4-5,7-8,10,12-16,24H,3,6,9,11H2,1H3/t24-/m0/s1. The van der Waals surface area contributed by atoms with Gasteiger partial charge < -0.3 is 4.90 Å². The lowest BCUT2D eigenvalue weighted by Crippen LogP contribution is -2.31. The molecule has 1 saturated heterocycles. The monoisotopic (exact) mass is 458 g/mol. The van der Waals surface area contributed by atoms with Crippen molar-refractivity contribution in [2.75, 3.05) is 6.54 Å². The summed E-state index contributed by atoms with van der Waals surface area (Å²) in [6.07, 6.45) is 11.3. The second kappa shape index (κ2) is 9.11. The van der Waals surface area contributed by atoms with Crippen LogP contribution in [0.2, 0.25) is 5.02 Å². The molecular weight excluding hydrogens is 436 g/mol. The highest BCUT2D eigenvalue weighted by Crippen LogP contribution is 2.32. The molecule has 33 heavy (non-hydrogen) atoms. The van der Waals surface area contributed by atoms with Crippen molar-refractivity contribution in [2.45, 2.75) is 25.3 Å². The van der Waals surface area contributed by atoms with Gasteiger partial charge in [-0.3, -0.25) is 24.4 Å². The molecule has 1 aromatic carbocycles. The zero-order valence-electron chi connectivity index (χ0n) is 18.2. The molecule has 4 aromatic rings. The third-order valence-corrected chi connectivity index (χ3v) is 6.08. The summed E-state index contributed by atoms with van der Waals surface area (Å²) >= 11 is 6.12. The van der Waals surface area contributed by atoms with E-state index in [4.69, 9.17) is 16.6 Å². The molecule has 166 valence electrons. The zero-order chi connectivity index (χ0) is 22.8. The Balaban J connectivity index is 1.38. The van der Waals surface area contributed by atoms with Gasteiger partial charge in [0, 0.05) is 54.8 Å². The van der Waals surface area contributed by atoms with Gasteiger partial charge >= 0.3 is 0 Å². The van der Waals surface area contributed by atoms with E-state index in [2.05, 4.69) is 15.1 Å². The third-order valence-electron chi connectivity index (χ3n) is 5.84. The molecule has 5 rings (SSSR count). The first-order chi connectivity index (χ1) is 16.1. The Kier molecular flexibility index (Phi) is 5.88. The number of carbonyl (C=O) groups is 1. The molecule has 1 aliphatic rings. The Morgan fingerprint density at radius 1 is 1.18 bits per heavy atom. The van der Waals surface area contributed by atoms with Crippen molar-refractivity contribution in [3.8, 4) is 11.3 Å². The molecular formula is C25H23ClN6O. The molecule has 0 N–H and O–H groups in total. The number of pyridine rings is 1. The van der Waals surface area contributed by atoms with Crippen LogP contribution in [0.3, 0.4) is 0 Å². The fraction of sp³-hybridized carbons (Fsp3) is 0.240. The molecule has 8 heteroatoms. The fourth-order valence-corrected chi connectivity index (χ4v) is 4.50. The molecule has 1 amide bonds. The topological polar surface area (TPSA) is 76.8 Å². The van der Waals surface area contributed by atoms with E-state index < -0.39 is 0 Å². The van der Waals surface area contributed by atoms with Gasteiger partial charge in [0.05, 0.1) is 35.5 Å². The minimum absolute atomic E-state index is 0.0212. The van der Waals surface area contributed by atoms with E-state index in [0.717, 1.165) is 41.1 Å². The van der Waals surface area contributed by atoms with Gasteiger partial charge in [0.1, 0.15) is 0 Å². The quantitative estimate of drug-likeness (QED) is 0.440. The molecule has 1 aliphatic heterocycles. The predicted octanol–water partition coefficient (Wildman–Crippen LogP) is 4.49. The van der Waals surface area contributed by atoms with Gasteiger partial charge in [-0.1, -0.05) is 23.7 Å². The van der Waals surface area contributed by atoms with Crippen molar-refractivity contribution in [1.29, 1.82) is 0 Å². The van der Waals surface area contributed by atoms with Crippen LogP contribution in [0.1, 0.15) is 46.2 Å². The van der Waals surface area contributed by atoms with Crippen molar-refractivity contribution in [1.82, 2.24) is 29.6 Å². The molecule has 0 saturated carbocycles. The first-order valence-corrected chi connectivity index (χ1v) is 11.3. The van der Waals surface area contributed by atoms with Gasteiger partial charge in [-0.05, 0) is 42.7 Å². The molecule has 1 atom stereocenters. The molecule has 0 bridgehead atoms. The number of benzene rings is 1. The van der Waals surface area contributed by atoms with Crippen LogP contribution in [0.5, 0.6) is 0 Å². The molecule has 3 aromatic heterocycles. The van der Waals surface area contributed by atoms with Crippen LogP contribution < -0.4 is 0 Å². The van der Waals surface area contributed by atoms with Crippen molar-refractivity contribution in [2.24, 2.45) is 7.05 Å². The summed E-state index contributed by atoms with van der Waals surface area (Å²) in [6, 6.07) is 11.2. The summed E-state index contributed by atoms with van der Waals surface area (Å²) in [7, 11) is 1.86. The van der Waals surface area contributed by atoms with Crippen LogP contribution in [0.4, 0.5) is 0 Å². The second-order valence-corrected chi connectivity index (χ2v) is 8.67. The summed E-state index contributed by atoms with van der Waals surface area (Å²) in [6.45, 7) is 0.689. The number of likely N-dealkylation sites (tertiary alicyclic amines) is 1. The van der Waals surface area contributed by atoms with E-state index >= 15 is 0 Å². The highest BCUT2D eigenvalue weighted by atomic mass is 35.5. The van der Waals surface area contributed by atoms with Crippen LogP contribution in [0.15, 0.2) is 67.4 Å². The van der Waals surface area contributed by atoms with E-state index in [9.17, 15) is 4.79 Å². The van der Waals surface area contributed by atoms with Crippen molar-refractivity contribution >= 4 is 17.5 Å². The number of halogens is 1. The molecule has 0 unspecified atom stereocenters. The number of hydrogen-bond donors (Lipinski definition) is 0. The van der Waals surface area contributed by atoms with Gasteiger partial charge in [0.25, 0.3) is 5.91 Å². The zero-order valence-corrected chi connectivity index (χ0v) is 19.0. The minimum Gasteiger partial charge on any atom is -0.330 e. The fourth-order valence-electron chi connectivity index (χ4n) is 4.28. The second-order valence-electron chi connectivity index (χ2n) is 8.23. The molecule has 0 aliphatic carbocycles. The third kappa shape index (κ3) is 4.64. The summed E-state index contributed by atoms with van der Waals surface area (Å²) in [5.41, 5.74) is 4.98. The maximum atomic E-state index is 13.4. The number of aromatic nitrogens is 5. The Bertz CT molecular complexity index is 1300. The number of amides is 1. The Morgan fingerprint density at radius 3 is 2.91 bits per heavy atom. The maximum absolute atomic E-state index is 13.4. The van der Waals surface area contributed by atoms with Gasteiger partial charge in [0.15, 0.2) is 0 Å². The Hall–Kier alpha value is -3.58. The Labute approximate surface area is 197 Å². The highest BCUT2D eigenvalue weighted by Gasteiger charge is 2.32. The normalized spacial score (nSPS) is 15.7. The molecule has 7 nitrogen and oxygen atoms in total. The van der Waals surface area contributed by atoms with Gasteiger partial charge in [-0.2, -0.15) is 5.10 Å². The van der Waals surface area contributed by atoms with Gasteiger partial charge in [-0.25, -0.2) is 0 Å². The van der Waals surface area contributed by atoms with E-state index in [1.807, 2.05) is 48.5 Å². The average Bonchev–Trinajstić information content (AvgIpc) is 3.48. The molecule has 1 fully saturated rings. The van der Waals surface area contributed by atoms with Gasteiger partial charge in [0.2, 0.25) is 0 Å². The SMILES string of the molecule is Cn1cc(-c2cc(C(=O)N3CCC[C@H]3c3cncc(Cc4cccc(Cl)c4)n3)ccn2)cn1. The summed E-state index contributed by atoms with van der Waals surface area (Å²) in [4.78, 5) is 29.0. The van der Waals surface area contributed by atoms with Crippen molar-refractivity contribution in [3.05, 3.63) is 94.9 Å². The lowest BCUT2D eigenvalue weighted by molar-refractivity contribution is 0.0732. The summed E-state index contributed by atoms with van der Waals surface area (Å²) < 4.78 is 1.72. The lowest BCUT2D eigenvalue weighted by Gasteiger charge is -2.24. The Morgan fingerprint density at radius 2 is 2.09 bits per heavy atom. The number of carbonyl (C=O) groups excluding carboxylic acids is 1. The minimum atomic E-state index is -0.0979. The number of nitrogens with zero attached hydrogens (tertiary/aromatic N) is 6. The van der Waals surface area contributed by atoms with Crippen LogP contribution in [0.25, 0.3) is 11.3 Å². The highest BCUT2D eigenvalue weighted by molar-refractivity contribution is 6.30. The van der Waals surface area contributed by atoms with Crippen molar-refractivity contribution in [3.63, 3.8) is 0 Å². The first-order valence-electron chi connectivity index (χ1n) is 10.9. The summed E-state index contributed by atoms with van der Waals surface area (Å²) in [5.74, 6) is -0.0212.